The van der Waals surface area contributed by atoms with E-state index in [-0.39, 0.29) is 10.6 Å². The Balaban J connectivity index is 2.17. The molecule has 1 aliphatic rings. The van der Waals surface area contributed by atoms with E-state index in [9.17, 15) is 10.1 Å². The summed E-state index contributed by atoms with van der Waals surface area (Å²) in [4.78, 5) is 13.0. The highest BCUT2D eigenvalue weighted by Crippen LogP contribution is 2.33. The topological polar surface area (TPSA) is 58.4 Å². The maximum Gasteiger partial charge on any atom is 0.293 e. The summed E-state index contributed by atoms with van der Waals surface area (Å²) in [5, 5.41) is 14.5. The van der Waals surface area contributed by atoms with Gasteiger partial charge in [0.1, 0.15) is 5.69 Å². The van der Waals surface area contributed by atoms with Gasteiger partial charge in [-0.05, 0) is 67.5 Å². The highest BCUT2D eigenvalue weighted by atomic mass is 127. The van der Waals surface area contributed by atoms with E-state index >= 15 is 0 Å². The van der Waals surface area contributed by atoms with Gasteiger partial charge in [0.05, 0.1) is 4.92 Å². The van der Waals surface area contributed by atoms with Crippen molar-refractivity contribution in [2.24, 2.45) is 0 Å². The Morgan fingerprint density at radius 1 is 1.35 bits per heavy atom. The van der Waals surface area contributed by atoms with Crippen LogP contribution >= 0.6 is 22.6 Å². The summed E-state index contributed by atoms with van der Waals surface area (Å²) in [5.74, 6) is 0. The number of nitro benzene ring substituents is 1. The van der Waals surface area contributed by atoms with Crippen molar-refractivity contribution in [1.29, 1.82) is 0 Å². The van der Waals surface area contributed by atoms with Crippen molar-refractivity contribution in [2.75, 3.05) is 19.0 Å². The number of rotatable bonds is 4. The minimum Gasteiger partial charge on any atom is -0.366 e. The minimum absolute atomic E-state index is 0.204. The molecule has 0 radical (unpaired) electrons. The molecule has 1 fully saturated rings. The lowest BCUT2D eigenvalue weighted by molar-refractivity contribution is -0.384. The van der Waals surface area contributed by atoms with Crippen LogP contribution in [-0.2, 0) is 0 Å². The molecule has 0 atom stereocenters. The molecule has 0 unspecified atom stereocenters. The summed E-state index contributed by atoms with van der Waals surface area (Å²) >= 11 is 2.11. The first-order chi connectivity index (χ1) is 9.52. The van der Waals surface area contributed by atoms with Crippen LogP contribution in [0, 0.1) is 13.7 Å². The van der Waals surface area contributed by atoms with Crippen molar-refractivity contribution in [2.45, 2.75) is 37.8 Å². The second kappa shape index (κ2) is 6.71. The molecular formula is C14H20IN3O2. The van der Waals surface area contributed by atoms with Crippen LogP contribution in [0.15, 0.2) is 18.2 Å². The highest BCUT2D eigenvalue weighted by Gasteiger charge is 2.27. The van der Waals surface area contributed by atoms with Crippen molar-refractivity contribution in [3.63, 3.8) is 0 Å². The molecule has 0 saturated heterocycles. The van der Waals surface area contributed by atoms with Crippen LogP contribution in [-0.4, -0.2) is 31.1 Å². The Labute approximate surface area is 133 Å². The smallest absolute Gasteiger partial charge is 0.293 e. The van der Waals surface area contributed by atoms with Crippen molar-refractivity contribution in [1.82, 2.24) is 5.32 Å². The predicted molar refractivity (Wildman–Crippen MR) is 89.3 cm³/mol. The summed E-state index contributed by atoms with van der Waals surface area (Å²) in [6.07, 6.45) is 4.41. The van der Waals surface area contributed by atoms with Crippen LogP contribution < -0.4 is 10.2 Å². The largest absolute Gasteiger partial charge is 0.366 e. The lowest BCUT2D eigenvalue weighted by atomic mass is 9.90. The molecule has 0 bridgehead atoms. The van der Waals surface area contributed by atoms with Gasteiger partial charge in [0.2, 0.25) is 0 Å². The Kier molecular flexibility index (Phi) is 5.20. The van der Waals surface area contributed by atoms with E-state index in [1.165, 1.54) is 0 Å². The molecular weight excluding hydrogens is 369 g/mol. The number of nitro groups is 1. The van der Waals surface area contributed by atoms with Crippen molar-refractivity contribution in [3.05, 3.63) is 31.9 Å². The third-order valence-corrected chi connectivity index (χ3v) is 4.84. The van der Waals surface area contributed by atoms with Crippen molar-refractivity contribution >= 4 is 34.0 Å². The van der Waals surface area contributed by atoms with Gasteiger partial charge in [0.15, 0.2) is 0 Å². The van der Waals surface area contributed by atoms with Crippen LogP contribution in [0.2, 0.25) is 0 Å². The zero-order chi connectivity index (χ0) is 14.7. The van der Waals surface area contributed by atoms with Gasteiger partial charge in [-0.25, -0.2) is 0 Å². The van der Waals surface area contributed by atoms with Gasteiger partial charge in [0.25, 0.3) is 5.69 Å². The Hall–Kier alpha value is -0.890. The fourth-order valence-corrected chi connectivity index (χ4v) is 3.36. The van der Waals surface area contributed by atoms with Crippen LogP contribution in [0.5, 0.6) is 0 Å². The van der Waals surface area contributed by atoms with E-state index in [1.807, 2.05) is 26.2 Å². The Morgan fingerprint density at radius 3 is 2.55 bits per heavy atom. The minimum atomic E-state index is -0.284. The summed E-state index contributed by atoms with van der Waals surface area (Å²) < 4.78 is 0.894. The van der Waals surface area contributed by atoms with E-state index in [1.54, 1.807) is 6.07 Å². The zero-order valence-electron chi connectivity index (χ0n) is 11.8. The molecule has 0 aromatic heterocycles. The lowest BCUT2D eigenvalue weighted by Gasteiger charge is -2.35. The molecule has 2 rings (SSSR count). The molecule has 0 heterocycles. The first-order valence-corrected chi connectivity index (χ1v) is 7.95. The van der Waals surface area contributed by atoms with Crippen molar-refractivity contribution < 1.29 is 4.92 Å². The van der Waals surface area contributed by atoms with E-state index < -0.39 is 0 Å². The number of hydrogen-bond acceptors (Lipinski definition) is 4. The molecule has 1 aliphatic carbocycles. The van der Waals surface area contributed by atoms with Crippen LogP contribution in [0.4, 0.5) is 11.4 Å². The highest BCUT2D eigenvalue weighted by molar-refractivity contribution is 14.1. The average molecular weight is 389 g/mol. The summed E-state index contributed by atoms with van der Waals surface area (Å²) in [6.45, 7) is 0. The van der Waals surface area contributed by atoms with Crippen LogP contribution in [0.3, 0.4) is 0 Å². The molecule has 6 heteroatoms. The molecule has 1 aromatic carbocycles. The first kappa shape index (κ1) is 15.5. The van der Waals surface area contributed by atoms with Crippen LogP contribution in [0.1, 0.15) is 25.7 Å². The maximum atomic E-state index is 11.2. The van der Waals surface area contributed by atoms with Gasteiger partial charge in [-0.2, -0.15) is 0 Å². The van der Waals surface area contributed by atoms with Gasteiger partial charge in [0, 0.05) is 28.8 Å². The van der Waals surface area contributed by atoms with Gasteiger partial charge in [-0.15, -0.1) is 0 Å². The van der Waals surface area contributed by atoms with E-state index in [4.69, 9.17) is 0 Å². The average Bonchev–Trinajstić information content (AvgIpc) is 2.46. The second-order valence-electron chi connectivity index (χ2n) is 5.30. The number of anilines is 1. The molecule has 110 valence electrons. The fraction of sp³-hybridized carbons (Fsp3) is 0.571. The third kappa shape index (κ3) is 3.41. The van der Waals surface area contributed by atoms with E-state index in [2.05, 4.69) is 32.8 Å². The molecule has 20 heavy (non-hydrogen) atoms. The number of hydrogen-bond donors (Lipinski definition) is 1. The van der Waals surface area contributed by atoms with Gasteiger partial charge in [-0.1, -0.05) is 0 Å². The zero-order valence-corrected chi connectivity index (χ0v) is 14.0. The number of nitrogens with one attached hydrogen (secondary N) is 1. The Bertz CT molecular complexity index is 487. The number of nitrogens with zero attached hydrogens (tertiary/aromatic N) is 2. The molecule has 0 aliphatic heterocycles. The lowest BCUT2D eigenvalue weighted by Crippen LogP contribution is -2.40. The molecule has 0 spiro atoms. The quantitative estimate of drug-likeness (QED) is 0.488. The van der Waals surface area contributed by atoms with Gasteiger partial charge < -0.3 is 10.2 Å². The Morgan fingerprint density at radius 2 is 2.00 bits per heavy atom. The summed E-state index contributed by atoms with van der Waals surface area (Å²) in [5.41, 5.74) is 0.929. The number of benzene rings is 1. The SMILES string of the molecule is CNC1CCC(N(C)c2ccc(I)cc2[N+](=O)[O-])CC1. The standard InChI is InChI=1S/C14H20IN3O2/c1-16-11-4-6-12(7-5-11)17(2)13-8-3-10(15)9-14(13)18(19)20/h3,8-9,11-12,16H,4-7H2,1-2H3. The van der Waals surface area contributed by atoms with Crippen molar-refractivity contribution in [3.8, 4) is 0 Å². The summed E-state index contributed by atoms with van der Waals surface area (Å²) in [6, 6.07) is 6.42. The maximum absolute atomic E-state index is 11.2. The van der Waals surface area contributed by atoms with Gasteiger partial charge >= 0.3 is 0 Å². The van der Waals surface area contributed by atoms with Gasteiger partial charge in [-0.3, -0.25) is 10.1 Å². The second-order valence-corrected chi connectivity index (χ2v) is 6.54. The normalized spacial score (nSPS) is 22.6. The first-order valence-electron chi connectivity index (χ1n) is 6.87. The monoisotopic (exact) mass is 389 g/mol. The molecule has 1 N–H and O–H groups in total. The predicted octanol–water partition coefficient (Wildman–Crippen LogP) is 3.17. The van der Waals surface area contributed by atoms with E-state index in [0.29, 0.717) is 12.1 Å². The molecule has 0 amide bonds. The molecule has 1 saturated carbocycles. The van der Waals surface area contributed by atoms with Crippen LogP contribution in [0.25, 0.3) is 0 Å². The van der Waals surface area contributed by atoms with E-state index in [0.717, 1.165) is 34.9 Å². The molecule has 1 aromatic rings. The number of halogens is 1. The summed E-state index contributed by atoms with van der Waals surface area (Å²) in [7, 11) is 3.97. The fourth-order valence-electron chi connectivity index (χ4n) is 2.89. The molecule has 5 nitrogen and oxygen atoms in total. The third-order valence-electron chi connectivity index (χ3n) is 4.17.